The van der Waals surface area contributed by atoms with E-state index in [4.69, 9.17) is 9.47 Å². The Labute approximate surface area is 104 Å². The van der Waals surface area contributed by atoms with Crippen molar-refractivity contribution in [3.8, 4) is 0 Å². The van der Waals surface area contributed by atoms with Crippen LogP contribution in [0.25, 0.3) is 0 Å². The van der Waals surface area contributed by atoms with Crippen molar-refractivity contribution < 1.29 is 19.1 Å². The van der Waals surface area contributed by atoms with Crippen molar-refractivity contribution >= 4 is 43.8 Å². The topological polar surface area (TPSA) is 52.6 Å². The number of carbonyl (C=O) groups excluding carboxylic acids is 2. The maximum Gasteiger partial charge on any atom is 0.339 e. The normalized spacial score (nSPS) is 14.7. The minimum absolute atomic E-state index is 0.184. The number of esters is 2. The summed E-state index contributed by atoms with van der Waals surface area (Å²) in [4.78, 5) is 21.7. The van der Waals surface area contributed by atoms with Crippen LogP contribution in [0.4, 0.5) is 0 Å². The Kier molecular flexibility index (Phi) is 4.53. The molecule has 0 aliphatic carbocycles. The molecule has 0 aromatic carbocycles. The number of hydrogen-bond donors (Lipinski definition) is 0. The molecule has 1 aliphatic heterocycles. The monoisotopic (exact) mass is 338 g/mol. The first-order valence-corrected chi connectivity index (χ1v) is 5.70. The van der Waals surface area contributed by atoms with E-state index in [0.29, 0.717) is 21.1 Å². The molecule has 0 bridgehead atoms. The molecule has 0 aromatic heterocycles. The van der Waals surface area contributed by atoms with E-state index in [0.717, 1.165) is 0 Å². The smallest absolute Gasteiger partial charge is 0.339 e. The molecule has 1 rings (SSSR count). The largest absolute Gasteiger partial charge is 0.466 e. The van der Waals surface area contributed by atoms with E-state index >= 15 is 0 Å². The van der Waals surface area contributed by atoms with Crippen LogP contribution in [0.1, 0.15) is 13.3 Å². The number of rotatable bonds is 3. The third-order valence-electron chi connectivity index (χ3n) is 1.63. The van der Waals surface area contributed by atoms with Crippen molar-refractivity contribution in [3.05, 3.63) is 20.8 Å². The Morgan fingerprint density at radius 1 is 1.53 bits per heavy atom. The van der Waals surface area contributed by atoms with Crippen LogP contribution in [0, 0.1) is 0 Å². The Hall–Kier alpha value is -0.620. The first kappa shape index (κ1) is 12.4. The molecule has 0 atom stereocenters. The van der Waals surface area contributed by atoms with Crippen LogP contribution in [0.2, 0.25) is 0 Å². The molecule has 0 unspecified atom stereocenters. The zero-order valence-corrected chi connectivity index (χ0v) is 11.1. The summed E-state index contributed by atoms with van der Waals surface area (Å²) in [5.74, 6) is -0.342. The number of carbonyl (C=O) groups is 2. The van der Waals surface area contributed by atoms with E-state index in [-0.39, 0.29) is 12.6 Å². The lowest BCUT2D eigenvalue weighted by atomic mass is 10.2. The Morgan fingerprint density at radius 2 is 2.20 bits per heavy atom. The molecular weight excluding hydrogens is 332 g/mol. The van der Waals surface area contributed by atoms with Crippen molar-refractivity contribution in [3.63, 3.8) is 0 Å². The number of cyclic esters (lactones) is 1. The van der Waals surface area contributed by atoms with Gasteiger partial charge < -0.3 is 9.47 Å². The Bertz CT molecular complexity index is 353. The molecular formula is C9H8Br2O4. The minimum Gasteiger partial charge on any atom is -0.466 e. The fraction of sp³-hybridized carbons (Fsp3) is 0.333. The van der Waals surface area contributed by atoms with Gasteiger partial charge in [-0.25, -0.2) is 4.79 Å². The highest BCUT2D eigenvalue weighted by atomic mass is 79.9. The predicted octanol–water partition coefficient (Wildman–Crippen LogP) is 2.38. The number of ether oxygens (including phenoxy) is 2. The maximum absolute atomic E-state index is 11.3. The van der Waals surface area contributed by atoms with Crippen molar-refractivity contribution in [2.24, 2.45) is 0 Å². The van der Waals surface area contributed by atoms with Crippen molar-refractivity contribution in [2.75, 3.05) is 6.61 Å². The quantitative estimate of drug-likeness (QED) is 0.741. The third-order valence-corrected chi connectivity index (χ3v) is 2.41. The number of allylic oxidation sites excluding steroid dienone is 1. The van der Waals surface area contributed by atoms with Crippen LogP contribution in [0.3, 0.4) is 0 Å². The standard InChI is InChI=1S/C9H8Br2O4/c1-5(12)14-3-2-6-4-7(8(10)11)15-9(6)13/h4H,2-3H2,1H3. The predicted molar refractivity (Wildman–Crippen MR) is 60.3 cm³/mol. The first-order valence-electron chi connectivity index (χ1n) is 4.12. The molecule has 1 aliphatic rings. The highest BCUT2D eigenvalue weighted by molar-refractivity contribution is 9.28. The molecule has 0 spiro atoms. The van der Waals surface area contributed by atoms with Crippen LogP contribution in [0.15, 0.2) is 20.8 Å². The summed E-state index contributed by atoms with van der Waals surface area (Å²) in [6.45, 7) is 1.51. The molecule has 15 heavy (non-hydrogen) atoms. The lowest BCUT2D eigenvalue weighted by Crippen LogP contribution is -2.05. The van der Waals surface area contributed by atoms with E-state index in [1.165, 1.54) is 6.92 Å². The molecule has 0 amide bonds. The van der Waals surface area contributed by atoms with E-state index in [1.807, 2.05) is 0 Å². The van der Waals surface area contributed by atoms with Gasteiger partial charge in [0.25, 0.3) is 0 Å². The van der Waals surface area contributed by atoms with E-state index in [2.05, 4.69) is 31.9 Å². The van der Waals surface area contributed by atoms with Gasteiger partial charge in [-0.05, 0) is 37.9 Å². The SMILES string of the molecule is CC(=O)OCCC1=CC(=C(Br)Br)OC1=O. The van der Waals surface area contributed by atoms with Crippen molar-refractivity contribution in [1.82, 2.24) is 0 Å². The molecule has 1 heterocycles. The van der Waals surface area contributed by atoms with Gasteiger partial charge in [-0.3, -0.25) is 4.79 Å². The van der Waals surface area contributed by atoms with Gasteiger partial charge in [0.1, 0.15) is 3.39 Å². The molecule has 0 aromatic rings. The molecule has 0 N–H and O–H groups in total. The van der Waals surface area contributed by atoms with Crippen LogP contribution in [-0.2, 0) is 19.1 Å². The summed E-state index contributed by atoms with van der Waals surface area (Å²) in [5, 5.41) is 0. The fourth-order valence-corrected chi connectivity index (χ4v) is 1.37. The highest BCUT2D eigenvalue weighted by Crippen LogP contribution is 2.28. The van der Waals surface area contributed by atoms with E-state index in [1.54, 1.807) is 6.08 Å². The van der Waals surface area contributed by atoms with Crippen molar-refractivity contribution in [2.45, 2.75) is 13.3 Å². The summed E-state index contributed by atoms with van der Waals surface area (Å²) in [6, 6.07) is 0. The zero-order valence-electron chi connectivity index (χ0n) is 7.88. The maximum atomic E-state index is 11.3. The second-order valence-electron chi connectivity index (χ2n) is 2.77. The molecule has 0 saturated carbocycles. The van der Waals surface area contributed by atoms with Crippen molar-refractivity contribution in [1.29, 1.82) is 0 Å². The Morgan fingerprint density at radius 3 is 2.67 bits per heavy atom. The minimum atomic E-state index is -0.409. The van der Waals surface area contributed by atoms with Gasteiger partial charge >= 0.3 is 11.9 Å². The van der Waals surface area contributed by atoms with Gasteiger partial charge in [0.15, 0.2) is 5.76 Å². The van der Waals surface area contributed by atoms with Gasteiger partial charge in [-0.15, -0.1) is 0 Å². The Balaban J connectivity index is 2.55. The summed E-state index contributed by atoms with van der Waals surface area (Å²) >= 11 is 6.27. The van der Waals surface area contributed by atoms with E-state index in [9.17, 15) is 9.59 Å². The van der Waals surface area contributed by atoms with E-state index < -0.39 is 5.97 Å². The average Bonchev–Trinajstić information content (AvgIpc) is 2.47. The van der Waals surface area contributed by atoms with Crippen LogP contribution < -0.4 is 0 Å². The van der Waals surface area contributed by atoms with Gasteiger partial charge in [0, 0.05) is 18.9 Å². The van der Waals surface area contributed by atoms with Gasteiger partial charge in [0.2, 0.25) is 0 Å². The van der Waals surface area contributed by atoms with Crippen LogP contribution >= 0.6 is 31.9 Å². The second kappa shape index (κ2) is 5.46. The van der Waals surface area contributed by atoms with Gasteiger partial charge in [0.05, 0.1) is 6.61 Å². The third kappa shape index (κ3) is 3.79. The summed E-state index contributed by atoms with van der Waals surface area (Å²) in [7, 11) is 0. The first-order chi connectivity index (χ1) is 7.00. The molecule has 0 saturated heterocycles. The van der Waals surface area contributed by atoms with Crippen LogP contribution in [0.5, 0.6) is 0 Å². The highest BCUT2D eigenvalue weighted by Gasteiger charge is 2.22. The lowest BCUT2D eigenvalue weighted by Gasteiger charge is -2.00. The number of halogens is 2. The molecule has 6 heteroatoms. The lowest BCUT2D eigenvalue weighted by molar-refractivity contribution is -0.141. The van der Waals surface area contributed by atoms with Crippen LogP contribution in [-0.4, -0.2) is 18.5 Å². The van der Waals surface area contributed by atoms with Gasteiger partial charge in [-0.1, -0.05) is 0 Å². The summed E-state index contributed by atoms with van der Waals surface area (Å²) in [5.41, 5.74) is 0.489. The number of hydrogen-bond acceptors (Lipinski definition) is 4. The summed E-state index contributed by atoms with van der Waals surface area (Å²) < 4.78 is 10.2. The fourth-order valence-electron chi connectivity index (χ4n) is 0.984. The molecule has 4 nitrogen and oxygen atoms in total. The zero-order chi connectivity index (χ0) is 11.4. The second-order valence-corrected chi connectivity index (χ2v) is 5.42. The molecule has 82 valence electrons. The van der Waals surface area contributed by atoms with Gasteiger partial charge in [-0.2, -0.15) is 0 Å². The summed E-state index contributed by atoms with van der Waals surface area (Å²) in [6.07, 6.45) is 1.96. The molecule has 0 radical (unpaired) electrons. The molecule has 0 fully saturated rings. The average molecular weight is 340 g/mol.